The van der Waals surface area contributed by atoms with Crippen molar-refractivity contribution in [2.75, 3.05) is 37.7 Å². The Labute approximate surface area is 180 Å². The highest BCUT2D eigenvalue weighted by Gasteiger charge is 2.29. The fraction of sp³-hybridized carbons (Fsp3) is 0.300. The van der Waals surface area contributed by atoms with Crippen molar-refractivity contribution in [3.63, 3.8) is 0 Å². The second kappa shape index (κ2) is 8.88. The van der Waals surface area contributed by atoms with Crippen LogP contribution in [0.3, 0.4) is 0 Å². The van der Waals surface area contributed by atoms with Gasteiger partial charge in [-0.15, -0.1) is 11.3 Å². The molecule has 3 aromatic rings. The molecule has 4 rings (SSSR count). The molecule has 3 heterocycles. The largest absolute Gasteiger partial charge is 0.468 e. The number of carbonyl (C=O) groups excluding carboxylic acids is 1. The van der Waals surface area contributed by atoms with Crippen LogP contribution in [0.2, 0.25) is 0 Å². The molecule has 31 heavy (non-hydrogen) atoms. The SMILES string of the molecule is O=C(c1csc(-c2ccccc2)n1)N1CCN(c2cc(OCC(F)(F)F)ncn2)CC1. The normalized spacial score (nSPS) is 14.5. The third-order valence-electron chi connectivity index (χ3n) is 4.65. The monoisotopic (exact) mass is 449 g/mol. The van der Waals surface area contributed by atoms with Gasteiger partial charge in [0.2, 0.25) is 5.88 Å². The van der Waals surface area contributed by atoms with Gasteiger partial charge in [-0.2, -0.15) is 13.2 Å². The zero-order valence-corrected chi connectivity index (χ0v) is 17.1. The molecule has 0 N–H and O–H groups in total. The van der Waals surface area contributed by atoms with Gasteiger partial charge in [-0.05, 0) is 0 Å². The number of amides is 1. The van der Waals surface area contributed by atoms with Gasteiger partial charge in [-0.25, -0.2) is 15.0 Å². The van der Waals surface area contributed by atoms with E-state index in [4.69, 9.17) is 0 Å². The van der Waals surface area contributed by atoms with E-state index in [1.165, 1.54) is 23.7 Å². The molecule has 11 heteroatoms. The number of aromatic nitrogens is 3. The predicted molar refractivity (Wildman–Crippen MR) is 109 cm³/mol. The molecule has 2 aromatic heterocycles. The van der Waals surface area contributed by atoms with Gasteiger partial charge in [-0.1, -0.05) is 30.3 Å². The zero-order valence-electron chi connectivity index (χ0n) is 16.2. The standard InChI is InChI=1S/C20H18F3N5O2S/c21-20(22,23)12-30-17-10-16(24-13-25-17)27-6-8-28(9-7-27)19(29)15-11-31-18(26-15)14-4-2-1-3-5-14/h1-5,10-11,13H,6-9,12H2. The van der Waals surface area contributed by atoms with E-state index in [0.29, 0.717) is 37.7 Å². The van der Waals surface area contributed by atoms with E-state index in [1.807, 2.05) is 35.2 Å². The van der Waals surface area contributed by atoms with E-state index in [-0.39, 0.29) is 11.8 Å². The molecule has 0 bridgehead atoms. The van der Waals surface area contributed by atoms with E-state index in [1.54, 1.807) is 10.3 Å². The summed E-state index contributed by atoms with van der Waals surface area (Å²) in [5.74, 6) is 0.172. The van der Waals surface area contributed by atoms with Crippen LogP contribution in [0.1, 0.15) is 10.5 Å². The Bertz CT molecular complexity index is 1040. The molecule has 0 unspecified atom stereocenters. The van der Waals surface area contributed by atoms with Crippen LogP contribution in [0.4, 0.5) is 19.0 Å². The van der Waals surface area contributed by atoms with Gasteiger partial charge >= 0.3 is 6.18 Å². The van der Waals surface area contributed by atoms with Crippen molar-refractivity contribution in [2.45, 2.75) is 6.18 Å². The number of halogens is 3. The Balaban J connectivity index is 1.36. The first-order chi connectivity index (χ1) is 14.9. The van der Waals surface area contributed by atoms with Crippen LogP contribution in [0.5, 0.6) is 5.88 Å². The highest BCUT2D eigenvalue weighted by atomic mass is 32.1. The number of alkyl halides is 3. The summed E-state index contributed by atoms with van der Waals surface area (Å²) in [5, 5.41) is 2.54. The van der Waals surface area contributed by atoms with Crippen molar-refractivity contribution >= 4 is 23.1 Å². The van der Waals surface area contributed by atoms with Crippen LogP contribution < -0.4 is 9.64 Å². The number of ether oxygens (including phenoxy) is 1. The van der Waals surface area contributed by atoms with E-state index < -0.39 is 12.8 Å². The molecule has 1 fully saturated rings. The first-order valence-electron chi connectivity index (χ1n) is 9.46. The molecule has 7 nitrogen and oxygen atoms in total. The quantitative estimate of drug-likeness (QED) is 0.594. The van der Waals surface area contributed by atoms with Crippen molar-refractivity contribution < 1.29 is 22.7 Å². The van der Waals surface area contributed by atoms with Gasteiger partial charge in [0.25, 0.3) is 5.91 Å². The van der Waals surface area contributed by atoms with E-state index >= 15 is 0 Å². The lowest BCUT2D eigenvalue weighted by Gasteiger charge is -2.35. The summed E-state index contributed by atoms with van der Waals surface area (Å²) in [5.41, 5.74) is 1.37. The van der Waals surface area contributed by atoms with Crippen LogP contribution >= 0.6 is 11.3 Å². The first kappa shape index (κ1) is 21.0. The molecule has 0 atom stereocenters. The van der Waals surface area contributed by atoms with Gasteiger partial charge in [0.05, 0.1) is 0 Å². The maximum Gasteiger partial charge on any atom is 0.422 e. The topological polar surface area (TPSA) is 71.5 Å². The Morgan fingerprint density at radius 1 is 1.10 bits per heavy atom. The average molecular weight is 449 g/mol. The number of nitrogens with zero attached hydrogens (tertiary/aromatic N) is 5. The molecule has 0 aliphatic carbocycles. The molecule has 0 saturated carbocycles. The number of carbonyl (C=O) groups is 1. The van der Waals surface area contributed by atoms with E-state index in [0.717, 1.165) is 10.6 Å². The molecule has 1 aliphatic rings. The highest BCUT2D eigenvalue weighted by Crippen LogP contribution is 2.25. The number of piperazine rings is 1. The smallest absolute Gasteiger partial charge is 0.422 e. The lowest BCUT2D eigenvalue weighted by Crippen LogP contribution is -2.49. The molecule has 1 amide bonds. The Morgan fingerprint density at radius 3 is 2.55 bits per heavy atom. The number of rotatable bonds is 5. The molecule has 1 aliphatic heterocycles. The summed E-state index contributed by atoms with van der Waals surface area (Å²) in [7, 11) is 0. The Hall–Kier alpha value is -3.21. The van der Waals surface area contributed by atoms with Crippen molar-refractivity contribution in [1.82, 2.24) is 19.9 Å². The van der Waals surface area contributed by atoms with Gasteiger partial charge < -0.3 is 14.5 Å². The third kappa shape index (κ3) is 5.29. The number of hydrogen-bond acceptors (Lipinski definition) is 7. The minimum absolute atomic E-state index is 0.142. The molecule has 0 radical (unpaired) electrons. The fourth-order valence-electron chi connectivity index (χ4n) is 3.12. The maximum atomic E-state index is 12.8. The van der Waals surface area contributed by atoms with Gasteiger partial charge in [0.15, 0.2) is 6.61 Å². The highest BCUT2D eigenvalue weighted by molar-refractivity contribution is 7.13. The lowest BCUT2D eigenvalue weighted by atomic mass is 10.2. The fourth-order valence-corrected chi connectivity index (χ4v) is 3.92. The van der Waals surface area contributed by atoms with Crippen molar-refractivity contribution in [2.24, 2.45) is 0 Å². The minimum atomic E-state index is -4.44. The van der Waals surface area contributed by atoms with Gasteiger partial charge in [0.1, 0.15) is 22.8 Å². The second-order valence-electron chi connectivity index (χ2n) is 6.80. The van der Waals surface area contributed by atoms with E-state index in [9.17, 15) is 18.0 Å². The molecule has 1 aromatic carbocycles. The average Bonchev–Trinajstić information content (AvgIpc) is 3.28. The molecular formula is C20H18F3N5O2S. The number of anilines is 1. The Kier molecular flexibility index (Phi) is 6.03. The van der Waals surface area contributed by atoms with Crippen molar-refractivity contribution in [3.8, 4) is 16.5 Å². The van der Waals surface area contributed by atoms with Crippen molar-refractivity contribution in [3.05, 3.63) is 53.8 Å². The first-order valence-corrected chi connectivity index (χ1v) is 10.3. The summed E-state index contributed by atoms with van der Waals surface area (Å²) in [4.78, 5) is 28.7. The second-order valence-corrected chi connectivity index (χ2v) is 7.66. The number of hydrogen-bond donors (Lipinski definition) is 0. The zero-order chi connectivity index (χ0) is 21.8. The summed E-state index contributed by atoms with van der Waals surface area (Å²) in [6.45, 7) is 0.443. The predicted octanol–water partition coefficient (Wildman–Crippen LogP) is 3.50. The minimum Gasteiger partial charge on any atom is -0.468 e. The summed E-state index contributed by atoms with van der Waals surface area (Å²) in [6, 6.07) is 11.0. The number of benzene rings is 1. The summed E-state index contributed by atoms with van der Waals surface area (Å²) < 4.78 is 41.7. The van der Waals surface area contributed by atoms with Crippen molar-refractivity contribution in [1.29, 1.82) is 0 Å². The molecule has 162 valence electrons. The van der Waals surface area contributed by atoms with Crippen LogP contribution in [-0.4, -0.2) is 64.7 Å². The molecule has 0 spiro atoms. The molecule has 1 saturated heterocycles. The van der Waals surface area contributed by atoms with Crippen LogP contribution in [-0.2, 0) is 0 Å². The summed E-state index contributed by atoms with van der Waals surface area (Å²) >= 11 is 1.42. The van der Waals surface area contributed by atoms with Crippen LogP contribution in [0.15, 0.2) is 48.1 Å². The summed E-state index contributed by atoms with van der Waals surface area (Å²) in [6.07, 6.45) is -3.27. The molecular weight excluding hydrogens is 431 g/mol. The Morgan fingerprint density at radius 2 is 1.84 bits per heavy atom. The van der Waals surface area contributed by atoms with E-state index in [2.05, 4.69) is 19.7 Å². The third-order valence-corrected chi connectivity index (χ3v) is 5.54. The van der Waals surface area contributed by atoms with Gasteiger partial charge in [-0.3, -0.25) is 4.79 Å². The van der Waals surface area contributed by atoms with Crippen LogP contribution in [0.25, 0.3) is 10.6 Å². The number of thiazole rings is 1. The maximum absolute atomic E-state index is 12.8. The van der Waals surface area contributed by atoms with Gasteiger partial charge in [0, 0.05) is 43.2 Å². The lowest BCUT2D eigenvalue weighted by molar-refractivity contribution is -0.154. The van der Waals surface area contributed by atoms with Crippen LogP contribution in [0, 0.1) is 0 Å².